The molecule has 1 aromatic heterocycles. The van der Waals surface area contributed by atoms with Crippen LogP contribution < -0.4 is 4.72 Å². The summed E-state index contributed by atoms with van der Waals surface area (Å²) in [7, 11) is -4.09. The fourth-order valence-electron chi connectivity index (χ4n) is 2.59. The molecule has 9 heteroatoms. The maximum atomic E-state index is 13.6. The first kappa shape index (κ1) is 18.7. The minimum absolute atomic E-state index is 0.209. The van der Waals surface area contributed by atoms with Gasteiger partial charge in [-0.1, -0.05) is 24.3 Å². The van der Waals surface area contributed by atoms with E-state index in [1.807, 2.05) is 6.07 Å². The highest BCUT2D eigenvalue weighted by molar-refractivity contribution is 7.89. The molecule has 0 amide bonds. The lowest BCUT2D eigenvalue weighted by molar-refractivity contribution is -0.119. The molecule has 0 fully saturated rings. The third kappa shape index (κ3) is 4.02. The SMILES string of the molecule is N#C[C@H](C(=O)CCNS(=O)(=O)c1ccccc1F)c1nc2ccccc2[nH]1. The van der Waals surface area contributed by atoms with Gasteiger partial charge in [-0.2, -0.15) is 5.26 Å². The third-order valence-electron chi connectivity index (χ3n) is 3.92. The summed E-state index contributed by atoms with van der Waals surface area (Å²) < 4.78 is 40.0. The van der Waals surface area contributed by atoms with Crippen molar-refractivity contribution in [1.29, 1.82) is 5.26 Å². The van der Waals surface area contributed by atoms with Crippen molar-refractivity contribution in [2.45, 2.75) is 17.2 Å². The Morgan fingerprint density at radius 1 is 1.22 bits per heavy atom. The minimum atomic E-state index is -4.09. The van der Waals surface area contributed by atoms with E-state index in [0.29, 0.717) is 11.0 Å². The minimum Gasteiger partial charge on any atom is -0.340 e. The molecule has 1 heterocycles. The Morgan fingerprint density at radius 2 is 1.93 bits per heavy atom. The lowest BCUT2D eigenvalue weighted by Crippen LogP contribution is -2.28. The van der Waals surface area contributed by atoms with Crippen molar-refractivity contribution in [2.24, 2.45) is 0 Å². The number of Topliss-reactive ketones (excluding diaryl/α,β-unsaturated/α-hetero) is 1. The van der Waals surface area contributed by atoms with Gasteiger partial charge >= 0.3 is 0 Å². The average Bonchev–Trinajstić information content (AvgIpc) is 3.06. The van der Waals surface area contributed by atoms with E-state index in [4.69, 9.17) is 0 Å². The number of H-pyrrole nitrogens is 1. The number of halogens is 1. The molecule has 3 rings (SSSR count). The molecular weight excluding hydrogens is 371 g/mol. The number of fused-ring (bicyclic) bond motifs is 1. The average molecular weight is 386 g/mol. The monoisotopic (exact) mass is 386 g/mol. The number of rotatable bonds is 7. The molecule has 0 radical (unpaired) electrons. The molecule has 7 nitrogen and oxygen atoms in total. The number of nitriles is 1. The van der Waals surface area contributed by atoms with E-state index in [9.17, 15) is 22.9 Å². The molecule has 0 saturated carbocycles. The fourth-order valence-corrected chi connectivity index (χ4v) is 3.70. The Hall–Kier alpha value is -3.09. The first-order valence-electron chi connectivity index (χ1n) is 8.03. The van der Waals surface area contributed by atoms with E-state index in [2.05, 4.69) is 14.7 Å². The number of carbonyl (C=O) groups is 1. The molecule has 0 aliphatic rings. The van der Waals surface area contributed by atoms with Crippen molar-refractivity contribution in [2.75, 3.05) is 6.54 Å². The van der Waals surface area contributed by atoms with Crippen molar-refractivity contribution < 1.29 is 17.6 Å². The molecule has 2 aromatic carbocycles. The first-order valence-corrected chi connectivity index (χ1v) is 9.52. The zero-order valence-electron chi connectivity index (χ0n) is 14.0. The quantitative estimate of drug-likeness (QED) is 0.646. The van der Waals surface area contributed by atoms with Gasteiger partial charge in [-0.05, 0) is 24.3 Å². The van der Waals surface area contributed by atoms with Crippen LogP contribution in [0.4, 0.5) is 4.39 Å². The zero-order chi connectivity index (χ0) is 19.4. The molecule has 3 aromatic rings. The Morgan fingerprint density at radius 3 is 2.63 bits per heavy atom. The van der Waals surface area contributed by atoms with Gasteiger partial charge in [0.15, 0.2) is 11.7 Å². The second-order valence-electron chi connectivity index (χ2n) is 5.75. The van der Waals surface area contributed by atoms with Gasteiger partial charge in [-0.3, -0.25) is 4.79 Å². The van der Waals surface area contributed by atoms with Crippen molar-refractivity contribution in [1.82, 2.24) is 14.7 Å². The van der Waals surface area contributed by atoms with Crippen LogP contribution in [0.1, 0.15) is 18.2 Å². The number of aromatic nitrogens is 2. The van der Waals surface area contributed by atoms with E-state index in [1.54, 1.807) is 24.3 Å². The second-order valence-corrected chi connectivity index (χ2v) is 7.48. The highest BCUT2D eigenvalue weighted by Gasteiger charge is 2.24. The number of aromatic amines is 1. The number of nitrogens with zero attached hydrogens (tertiary/aromatic N) is 2. The second kappa shape index (κ2) is 7.65. The summed E-state index contributed by atoms with van der Waals surface area (Å²) in [4.78, 5) is 19.0. The predicted molar refractivity (Wildman–Crippen MR) is 95.7 cm³/mol. The lowest BCUT2D eigenvalue weighted by Gasteiger charge is -2.08. The van der Waals surface area contributed by atoms with Crippen molar-refractivity contribution in [3.05, 3.63) is 60.2 Å². The van der Waals surface area contributed by atoms with Gasteiger partial charge in [-0.15, -0.1) is 0 Å². The summed E-state index contributed by atoms with van der Waals surface area (Å²) >= 11 is 0. The maximum Gasteiger partial charge on any atom is 0.243 e. The topological polar surface area (TPSA) is 116 Å². The van der Waals surface area contributed by atoms with Crippen LogP contribution in [-0.4, -0.2) is 30.7 Å². The molecule has 0 aliphatic heterocycles. The zero-order valence-corrected chi connectivity index (χ0v) is 14.8. The lowest BCUT2D eigenvalue weighted by atomic mass is 10.0. The molecule has 2 N–H and O–H groups in total. The number of sulfonamides is 1. The van der Waals surface area contributed by atoms with Gasteiger partial charge in [0.25, 0.3) is 0 Å². The molecule has 0 aliphatic carbocycles. The molecule has 0 unspecified atom stereocenters. The summed E-state index contributed by atoms with van der Waals surface area (Å²) in [5, 5.41) is 9.33. The fraction of sp³-hybridized carbons (Fsp3) is 0.167. The highest BCUT2D eigenvalue weighted by Crippen LogP contribution is 2.19. The molecule has 138 valence electrons. The van der Waals surface area contributed by atoms with Gasteiger partial charge in [-0.25, -0.2) is 22.5 Å². The van der Waals surface area contributed by atoms with Crippen molar-refractivity contribution >= 4 is 26.8 Å². The first-order chi connectivity index (χ1) is 12.9. The standard InChI is InChI=1S/C18H15FN4O3S/c19-13-5-1-4-8-17(13)27(25,26)21-10-9-16(24)12(11-20)18-22-14-6-2-3-7-15(14)23-18/h1-8,12,21H,9-10H2,(H,22,23)/t12-/m1/s1. The number of ketones is 1. The summed E-state index contributed by atoms with van der Waals surface area (Å²) in [5.74, 6) is -2.31. The number of imidazole rings is 1. The number of hydrogen-bond donors (Lipinski definition) is 2. The summed E-state index contributed by atoms with van der Waals surface area (Å²) in [6.45, 7) is -0.256. The van der Waals surface area contributed by atoms with Crippen LogP contribution in [0.25, 0.3) is 11.0 Å². The van der Waals surface area contributed by atoms with E-state index in [-0.39, 0.29) is 18.8 Å². The third-order valence-corrected chi connectivity index (χ3v) is 5.42. The van der Waals surface area contributed by atoms with Gasteiger partial charge < -0.3 is 4.98 Å². The Balaban J connectivity index is 1.67. The largest absolute Gasteiger partial charge is 0.340 e. The van der Waals surface area contributed by atoms with Gasteiger partial charge in [0.2, 0.25) is 10.0 Å². The number of benzene rings is 2. The molecule has 0 bridgehead atoms. The Labute approximate surface area is 154 Å². The van der Waals surface area contributed by atoms with Gasteiger partial charge in [0, 0.05) is 13.0 Å². The molecule has 0 spiro atoms. The van der Waals surface area contributed by atoms with Crippen LogP contribution in [0.5, 0.6) is 0 Å². The number of para-hydroxylation sites is 2. The van der Waals surface area contributed by atoms with Crippen LogP contribution in [-0.2, 0) is 14.8 Å². The van der Waals surface area contributed by atoms with Crippen molar-refractivity contribution in [3.63, 3.8) is 0 Å². The number of hydrogen-bond acceptors (Lipinski definition) is 5. The highest BCUT2D eigenvalue weighted by atomic mass is 32.2. The normalized spacial score (nSPS) is 12.6. The Bertz CT molecular complexity index is 1100. The van der Waals surface area contributed by atoms with Crippen LogP contribution in [0, 0.1) is 17.1 Å². The van der Waals surface area contributed by atoms with Crippen molar-refractivity contribution in [3.8, 4) is 6.07 Å². The molecule has 0 saturated heterocycles. The van der Waals surface area contributed by atoms with Crippen LogP contribution in [0.2, 0.25) is 0 Å². The Kier molecular flexibility index (Phi) is 5.30. The molecule has 27 heavy (non-hydrogen) atoms. The summed E-state index contributed by atoms with van der Waals surface area (Å²) in [6, 6.07) is 13.9. The van der Waals surface area contributed by atoms with E-state index < -0.39 is 32.4 Å². The summed E-state index contributed by atoms with van der Waals surface area (Å²) in [5.41, 5.74) is 1.32. The molecular formula is C18H15FN4O3S. The predicted octanol–water partition coefficient (Wildman–Crippen LogP) is 2.25. The smallest absolute Gasteiger partial charge is 0.243 e. The van der Waals surface area contributed by atoms with Gasteiger partial charge in [0.1, 0.15) is 16.5 Å². The summed E-state index contributed by atoms with van der Waals surface area (Å²) in [6.07, 6.45) is -0.233. The molecule has 1 atom stereocenters. The maximum absolute atomic E-state index is 13.6. The van der Waals surface area contributed by atoms with E-state index in [0.717, 1.165) is 12.1 Å². The van der Waals surface area contributed by atoms with E-state index in [1.165, 1.54) is 12.1 Å². The van der Waals surface area contributed by atoms with Gasteiger partial charge in [0.05, 0.1) is 17.1 Å². The van der Waals surface area contributed by atoms with Crippen LogP contribution in [0.3, 0.4) is 0 Å². The van der Waals surface area contributed by atoms with E-state index >= 15 is 0 Å². The number of carbonyl (C=O) groups excluding carboxylic acids is 1. The number of nitrogens with one attached hydrogen (secondary N) is 2. The van der Waals surface area contributed by atoms with Crippen LogP contribution in [0.15, 0.2) is 53.4 Å². The van der Waals surface area contributed by atoms with Crippen LogP contribution >= 0.6 is 0 Å².